The van der Waals surface area contributed by atoms with Gasteiger partial charge in [-0.2, -0.15) is 0 Å². The predicted molar refractivity (Wildman–Crippen MR) is 93.2 cm³/mol. The van der Waals surface area contributed by atoms with Crippen molar-refractivity contribution < 1.29 is 14.3 Å². The van der Waals surface area contributed by atoms with Crippen molar-refractivity contribution in [3.8, 4) is 0 Å². The highest BCUT2D eigenvalue weighted by molar-refractivity contribution is 5.92. The highest BCUT2D eigenvalue weighted by Gasteiger charge is 2.33. The van der Waals surface area contributed by atoms with Crippen LogP contribution in [0.3, 0.4) is 0 Å². The van der Waals surface area contributed by atoms with Gasteiger partial charge in [0.15, 0.2) is 0 Å². The van der Waals surface area contributed by atoms with Crippen LogP contribution in [0.5, 0.6) is 0 Å². The first-order valence-corrected chi connectivity index (χ1v) is 8.45. The van der Waals surface area contributed by atoms with Gasteiger partial charge in [-0.1, -0.05) is 6.07 Å². The number of anilines is 1. The second-order valence-corrected chi connectivity index (χ2v) is 6.61. The molecule has 0 bridgehead atoms. The van der Waals surface area contributed by atoms with Gasteiger partial charge in [-0.3, -0.25) is 0 Å². The third-order valence-corrected chi connectivity index (χ3v) is 5.31. The molecule has 1 aliphatic rings. The van der Waals surface area contributed by atoms with Crippen molar-refractivity contribution in [1.29, 1.82) is 0 Å². The largest absolute Gasteiger partial charge is 0.465 e. The van der Waals surface area contributed by atoms with Crippen LogP contribution in [0.15, 0.2) is 18.2 Å². The van der Waals surface area contributed by atoms with E-state index in [0.29, 0.717) is 11.6 Å². The Morgan fingerprint density at radius 3 is 2.48 bits per heavy atom. The summed E-state index contributed by atoms with van der Waals surface area (Å²) in [5, 5.41) is 0. The number of carbonyl (C=O) groups is 1. The van der Waals surface area contributed by atoms with E-state index in [1.807, 2.05) is 26.2 Å². The molecule has 0 aromatic heterocycles. The zero-order valence-corrected chi connectivity index (χ0v) is 15.0. The second-order valence-electron chi connectivity index (χ2n) is 6.61. The van der Waals surface area contributed by atoms with Gasteiger partial charge in [0.05, 0.1) is 18.3 Å². The van der Waals surface area contributed by atoms with E-state index in [1.54, 1.807) is 0 Å². The Kier molecular flexibility index (Phi) is 5.69. The lowest BCUT2D eigenvalue weighted by atomic mass is 9.82. The standard InChI is InChI=1S/C19H29NO3/c1-6-20(15-10-12-19(3,23-5)13-11-15)17-9-7-8-16(14(17)2)18(21)22-4/h7-9,15H,6,10-13H2,1-5H3. The molecule has 0 saturated heterocycles. The summed E-state index contributed by atoms with van der Waals surface area (Å²) in [5.74, 6) is -0.268. The van der Waals surface area contributed by atoms with Crippen LogP contribution in [-0.2, 0) is 9.47 Å². The summed E-state index contributed by atoms with van der Waals surface area (Å²) in [6.07, 6.45) is 4.36. The average Bonchev–Trinajstić information content (AvgIpc) is 2.58. The molecule has 0 N–H and O–H groups in total. The van der Waals surface area contributed by atoms with Crippen LogP contribution >= 0.6 is 0 Å². The number of hydrogen-bond acceptors (Lipinski definition) is 4. The number of rotatable bonds is 5. The van der Waals surface area contributed by atoms with Crippen molar-refractivity contribution in [3.63, 3.8) is 0 Å². The number of hydrogen-bond donors (Lipinski definition) is 0. The van der Waals surface area contributed by atoms with Crippen molar-refractivity contribution in [1.82, 2.24) is 0 Å². The van der Waals surface area contributed by atoms with Crippen LogP contribution in [0.1, 0.15) is 55.5 Å². The average molecular weight is 319 g/mol. The normalized spacial score (nSPS) is 24.3. The first-order chi connectivity index (χ1) is 11.0. The number of ether oxygens (including phenoxy) is 2. The fraction of sp³-hybridized carbons (Fsp3) is 0.632. The molecular formula is C19H29NO3. The van der Waals surface area contributed by atoms with Gasteiger partial charge < -0.3 is 14.4 Å². The molecule has 1 aliphatic carbocycles. The van der Waals surface area contributed by atoms with Gasteiger partial charge in [0.2, 0.25) is 0 Å². The van der Waals surface area contributed by atoms with E-state index in [0.717, 1.165) is 43.5 Å². The molecule has 1 fully saturated rings. The summed E-state index contributed by atoms with van der Waals surface area (Å²) < 4.78 is 10.6. The molecule has 1 aromatic rings. The molecule has 0 atom stereocenters. The van der Waals surface area contributed by atoms with Gasteiger partial charge in [-0.25, -0.2) is 4.79 Å². The summed E-state index contributed by atoms with van der Waals surface area (Å²) >= 11 is 0. The number of benzene rings is 1. The van der Waals surface area contributed by atoms with Gasteiger partial charge in [0.25, 0.3) is 0 Å². The molecule has 0 unspecified atom stereocenters. The van der Waals surface area contributed by atoms with Crippen LogP contribution in [0.4, 0.5) is 5.69 Å². The van der Waals surface area contributed by atoms with Crippen molar-refractivity contribution >= 4 is 11.7 Å². The molecule has 4 nitrogen and oxygen atoms in total. The lowest BCUT2D eigenvalue weighted by Crippen LogP contribution is -2.43. The van der Waals surface area contributed by atoms with E-state index in [9.17, 15) is 4.79 Å². The van der Waals surface area contributed by atoms with E-state index >= 15 is 0 Å². The molecular weight excluding hydrogens is 290 g/mol. The Hall–Kier alpha value is -1.55. The fourth-order valence-electron chi connectivity index (χ4n) is 3.62. The maximum Gasteiger partial charge on any atom is 0.338 e. The third kappa shape index (κ3) is 3.69. The second kappa shape index (κ2) is 7.35. The smallest absolute Gasteiger partial charge is 0.338 e. The number of nitrogens with zero attached hydrogens (tertiary/aromatic N) is 1. The van der Waals surface area contributed by atoms with Crippen molar-refractivity contribution in [2.75, 3.05) is 25.7 Å². The minimum Gasteiger partial charge on any atom is -0.465 e. The molecule has 23 heavy (non-hydrogen) atoms. The Morgan fingerprint density at radius 2 is 1.96 bits per heavy atom. The van der Waals surface area contributed by atoms with E-state index < -0.39 is 0 Å². The third-order valence-electron chi connectivity index (χ3n) is 5.31. The summed E-state index contributed by atoms with van der Waals surface area (Å²) in [7, 11) is 3.24. The minimum absolute atomic E-state index is 0.0127. The first-order valence-electron chi connectivity index (χ1n) is 8.45. The topological polar surface area (TPSA) is 38.8 Å². The van der Waals surface area contributed by atoms with Crippen LogP contribution in [0.2, 0.25) is 0 Å². The van der Waals surface area contributed by atoms with Crippen LogP contribution in [0, 0.1) is 6.92 Å². The molecule has 0 radical (unpaired) electrons. The molecule has 128 valence electrons. The zero-order valence-electron chi connectivity index (χ0n) is 15.0. The molecule has 0 spiro atoms. The number of methoxy groups -OCH3 is 2. The maximum absolute atomic E-state index is 11.9. The number of esters is 1. The summed E-state index contributed by atoms with van der Waals surface area (Å²) in [6, 6.07) is 6.38. The van der Waals surface area contributed by atoms with Crippen molar-refractivity contribution in [3.05, 3.63) is 29.3 Å². The highest BCUT2D eigenvalue weighted by Crippen LogP contribution is 2.36. The Bertz CT molecular complexity index is 548. The Balaban J connectivity index is 2.24. The maximum atomic E-state index is 11.9. The molecule has 0 amide bonds. The number of carbonyl (C=O) groups excluding carboxylic acids is 1. The van der Waals surface area contributed by atoms with E-state index in [-0.39, 0.29) is 11.6 Å². The quantitative estimate of drug-likeness (QED) is 0.770. The van der Waals surface area contributed by atoms with Gasteiger partial charge in [0, 0.05) is 25.4 Å². The molecule has 1 aromatic carbocycles. The fourth-order valence-corrected chi connectivity index (χ4v) is 3.62. The Morgan fingerprint density at radius 1 is 1.30 bits per heavy atom. The van der Waals surface area contributed by atoms with Gasteiger partial charge in [-0.15, -0.1) is 0 Å². The molecule has 4 heteroatoms. The van der Waals surface area contributed by atoms with Crippen LogP contribution in [-0.4, -0.2) is 38.4 Å². The lowest BCUT2D eigenvalue weighted by molar-refractivity contribution is -0.0270. The van der Waals surface area contributed by atoms with E-state index in [4.69, 9.17) is 9.47 Å². The molecule has 0 aliphatic heterocycles. The zero-order chi connectivity index (χ0) is 17.0. The highest BCUT2D eigenvalue weighted by atomic mass is 16.5. The van der Waals surface area contributed by atoms with Gasteiger partial charge in [-0.05, 0) is 64.2 Å². The van der Waals surface area contributed by atoms with Crippen molar-refractivity contribution in [2.24, 2.45) is 0 Å². The molecule has 0 heterocycles. The lowest BCUT2D eigenvalue weighted by Gasteiger charge is -2.42. The van der Waals surface area contributed by atoms with E-state index in [2.05, 4.69) is 24.8 Å². The van der Waals surface area contributed by atoms with Crippen molar-refractivity contribution in [2.45, 2.75) is 58.1 Å². The van der Waals surface area contributed by atoms with Crippen LogP contribution in [0.25, 0.3) is 0 Å². The molecule has 1 saturated carbocycles. The molecule has 2 rings (SSSR count). The predicted octanol–water partition coefficient (Wildman–Crippen LogP) is 3.96. The monoisotopic (exact) mass is 319 g/mol. The minimum atomic E-state index is -0.268. The summed E-state index contributed by atoms with van der Waals surface area (Å²) in [6.45, 7) is 7.31. The SMILES string of the molecule is CCN(c1cccc(C(=O)OC)c1C)C1CCC(C)(OC)CC1. The summed E-state index contributed by atoms with van der Waals surface area (Å²) in [4.78, 5) is 14.4. The van der Waals surface area contributed by atoms with Gasteiger partial charge in [0.1, 0.15) is 0 Å². The van der Waals surface area contributed by atoms with E-state index in [1.165, 1.54) is 7.11 Å². The first kappa shape index (κ1) is 17.8. The Labute approximate surface area is 139 Å². The summed E-state index contributed by atoms with van der Waals surface area (Å²) in [5.41, 5.74) is 2.81. The van der Waals surface area contributed by atoms with Crippen LogP contribution < -0.4 is 4.90 Å². The van der Waals surface area contributed by atoms with Gasteiger partial charge >= 0.3 is 5.97 Å².